The molecule has 0 unspecified atom stereocenters. The lowest BCUT2D eigenvalue weighted by atomic mass is 10.1. The number of thiazole rings is 1. The number of aryl methyl sites for hydroxylation is 1. The largest absolute Gasteiger partial charge is 0.411 e. The first-order chi connectivity index (χ1) is 14.5. The van der Waals surface area contributed by atoms with Gasteiger partial charge >= 0.3 is 0 Å². The van der Waals surface area contributed by atoms with Crippen molar-refractivity contribution < 1.29 is 9.21 Å². The molecule has 0 radical (unpaired) electrons. The second-order valence-corrected chi connectivity index (χ2v) is 8.99. The summed E-state index contributed by atoms with van der Waals surface area (Å²) >= 11 is 8.53. The number of carbonyl (C=O) groups excluding carboxylic acids is 1. The topological polar surface area (TPSA) is 80.9 Å². The van der Waals surface area contributed by atoms with Gasteiger partial charge in [-0.25, -0.2) is 4.98 Å². The Morgan fingerprint density at radius 2 is 2.03 bits per heavy atom. The lowest BCUT2D eigenvalue weighted by Crippen LogP contribution is -2.13. The molecule has 1 N–H and O–H groups in total. The van der Waals surface area contributed by atoms with Crippen molar-refractivity contribution in [2.75, 3.05) is 11.1 Å². The normalized spacial score (nSPS) is 10.9. The predicted molar refractivity (Wildman–Crippen MR) is 120 cm³/mol. The molecule has 30 heavy (non-hydrogen) atoms. The lowest BCUT2D eigenvalue weighted by molar-refractivity contribution is -0.113. The quantitative estimate of drug-likeness (QED) is 0.371. The second-order valence-electron chi connectivity index (χ2n) is 6.51. The van der Waals surface area contributed by atoms with Crippen molar-refractivity contribution >= 4 is 45.7 Å². The molecule has 6 nitrogen and oxygen atoms in total. The van der Waals surface area contributed by atoms with Crippen molar-refractivity contribution in [2.45, 2.75) is 18.6 Å². The predicted octanol–water partition coefficient (Wildman–Crippen LogP) is 5.48. The first-order valence-electron chi connectivity index (χ1n) is 9.07. The molecule has 0 aliphatic heterocycles. The monoisotopic (exact) mass is 456 g/mol. The maximum absolute atomic E-state index is 12.2. The Balaban J connectivity index is 1.29. The number of anilines is 1. The summed E-state index contributed by atoms with van der Waals surface area (Å²) < 4.78 is 5.59. The van der Waals surface area contributed by atoms with Crippen molar-refractivity contribution in [3.63, 3.8) is 0 Å². The van der Waals surface area contributed by atoms with Crippen LogP contribution in [0.3, 0.4) is 0 Å². The number of nitrogens with one attached hydrogen (secondary N) is 1. The van der Waals surface area contributed by atoms with Gasteiger partial charge in [0, 0.05) is 28.1 Å². The minimum absolute atomic E-state index is 0.148. The number of hydrogen-bond donors (Lipinski definition) is 1. The van der Waals surface area contributed by atoms with Crippen LogP contribution >= 0.6 is 34.7 Å². The highest BCUT2D eigenvalue weighted by atomic mass is 35.5. The second kappa shape index (κ2) is 9.42. The number of halogens is 1. The molecule has 0 atom stereocenters. The molecule has 0 saturated heterocycles. The lowest BCUT2D eigenvalue weighted by Gasteiger charge is -2.00. The number of benzene rings is 2. The Morgan fingerprint density at radius 1 is 1.20 bits per heavy atom. The molecular formula is C21H17ClN4O2S2. The summed E-state index contributed by atoms with van der Waals surface area (Å²) in [5.41, 5.74) is 3.22. The summed E-state index contributed by atoms with van der Waals surface area (Å²) in [5.74, 6) is 0.354. The van der Waals surface area contributed by atoms with Gasteiger partial charge in [0.25, 0.3) is 5.22 Å². The molecule has 0 bridgehead atoms. The summed E-state index contributed by atoms with van der Waals surface area (Å²) in [7, 11) is 0. The van der Waals surface area contributed by atoms with Gasteiger partial charge in [0.1, 0.15) is 0 Å². The third-order valence-corrected chi connectivity index (χ3v) is 6.07. The molecule has 0 aliphatic rings. The van der Waals surface area contributed by atoms with E-state index in [1.807, 2.05) is 6.07 Å². The van der Waals surface area contributed by atoms with Crippen LogP contribution in [0.15, 0.2) is 64.4 Å². The molecule has 4 aromatic rings. The van der Waals surface area contributed by atoms with Gasteiger partial charge in [-0.1, -0.05) is 53.2 Å². The molecule has 0 saturated carbocycles. The zero-order chi connectivity index (χ0) is 20.9. The van der Waals surface area contributed by atoms with Gasteiger partial charge in [-0.2, -0.15) is 0 Å². The van der Waals surface area contributed by atoms with Gasteiger partial charge < -0.3 is 9.73 Å². The van der Waals surface area contributed by atoms with Crippen LogP contribution in [0.4, 0.5) is 5.13 Å². The number of carbonyl (C=O) groups is 1. The SMILES string of the molecule is Cc1cccc(Cc2cnc(NC(=O)CSc3nnc(-c4ccc(Cl)cc4)o3)s2)c1. The Kier molecular flexibility index (Phi) is 6.47. The number of aromatic nitrogens is 3. The smallest absolute Gasteiger partial charge is 0.277 e. The molecule has 4 rings (SSSR count). The number of thioether (sulfide) groups is 1. The maximum atomic E-state index is 12.2. The third kappa shape index (κ3) is 5.47. The van der Waals surface area contributed by atoms with Gasteiger partial charge in [-0.15, -0.1) is 21.5 Å². The van der Waals surface area contributed by atoms with E-state index < -0.39 is 0 Å². The molecule has 152 valence electrons. The van der Waals surface area contributed by atoms with E-state index >= 15 is 0 Å². The van der Waals surface area contributed by atoms with Crippen LogP contribution in [-0.2, 0) is 11.2 Å². The fourth-order valence-electron chi connectivity index (χ4n) is 2.73. The summed E-state index contributed by atoms with van der Waals surface area (Å²) in [6, 6.07) is 15.5. The molecule has 1 amide bonds. The fourth-order valence-corrected chi connectivity index (χ4v) is 4.28. The summed E-state index contributed by atoms with van der Waals surface area (Å²) in [6.07, 6.45) is 2.59. The minimum Gasteiger partial charge on any atom is -0.411 e. The Hall–Kier alpha value is -2.68. The van der Waals surface area contributed by atoms with E-state index in [0.717, 1.165) is 16.9 Å². The Morgan fingerprint density at radius 3 is 2.83 bits per heavy atom. The molecule has 0 aliphatic carbocycles. The average Bonchev–Trinajstić information content (AvgIpc) is 3.37. The summed E-state index contributed by atoms with van der Waals surface area (Å²) in [6.45, 7) is 2.07. The fraction of sp³-hybridized carbons (Fsp3) is 0.143. The molecule has 0 fully saturated rings. The van der Waals surface area contributed by atoms with Crippen molar-refractivity contribution in [2.24, 2.45) is 0 Å². The van der Waals surface area contributed by atoms with E-state index in [-0.39, 0.29) is 11.7 Å². The maximum Gasteiger partial charge on any atom is 0.277 e. The number of hydrogen-bond acceptors (Lipinski definition) is 7. The Labute approximate surface area is 186 Å². The van der Waals surface area contributed by atoms with Crippen LogP contribution in [0, 0.1) is 6.92 Å². The summed E-state index contributed by atoms with van der Waals surface area (Å²) in [4.78, 5) is 17.6. The summed E-state index contributed by atoms with van der Waals surface area (Å²) in [5, 5.41) is 12.3. The van der Waals surface area contributed by atoms with Crippen molar-refractivity contribution in [3.8, 4) is 11.5 Å². The van der Waals surface area contributed by atoms with Gasteiger partial charge in [-0.3, -0.25) is 4.79 Å². The van der Waals surface area contributed by atoms with Crippen LogP contribution in [0.5, 0.6) is 0 Å². The third-order valence-electron chi connectivity index (χ3n) is 4.09. The van der Waals surface area contributed by atoms with Crippen LogP contribution in [0.1, 0.15) is 16.0 Å². The van der Waals surface area contributed by atoms with Gasteiger partial charge in [0.2, 0.25) is 11.8 Å². The first-order valence-corrected chi connectivity index (χ1v) is 11.3. The first kappa shape index (κ1) is 20.6. The standard InChI is InChI=1S/C21H17ClN4O2S2/c1-13-3-2-4-14(9-13)10-17-11-23-20(30-17)24-18(27)12-29-21-26-25-19(28-21)15-5-7-16(22)8-6-15/h2-9,11H,10,12H2,1H3,(H,23,24,27). The van der Waals surface area contributed by atoms with Crippen molar-refractivity contribution in [1.29, 1.82) is 0 Å². The molecule has 2 aromatic heterocycles. The Bertz CT molecular complexity index is 1160. The molecule has 0 spiro atoms. The van der Waals surface area contributed by atoms with Crippen LogP contribution in [0.2, 0.25) is 5.02 Å². The zero-order valence-corrected chi connectivity index (χ0v) is 18.4. The van der Waals surface area contributed by atoms with E-state index in [9.17, 15) is 4.79 Å². The molecule has 2 aromatic carbocycles. The van der Waals surface area contributed by atoms with Crippen LogP contribution < -0.4 is 5.32 Å². The van der Waals surface area contributed by atoms with E-state index in [0.29, 0.717) is 21.3 Å². The minimum atomic E-state index is -0.178. The van der Waals surface area contributed by atoms with E-state index in [1.54, 1.807) is 30.5 Å². The van der Waals surface area contributed by atoms with Gasteiger partial charge in [-0.05, 0) is 36.8 Å². The highest BCUT2D eigenvalue weighted by Gasteiger charge is 2.13. The highest BCUT2D eigenvalue weighted by molar-refractivity contribution is 7.99. The number of nitrogens with zero attached hydrogens (tertiary/aromatic N) is 3. The van der Waals surface area contributed by atoms with Gasteiger partial charge in [0.05, 0.1) is 5.75 Å². The molecule has 2 heterocycles. The van der Waals surface area contributed by atoms with E-state index in [1.165, 1.54) is 34.2 Å². The number of amides is 1. The van der Waals surface area contributed by atoms with Crippen molar-refractivity contribution in [1.82, 2.24) is 15.2 Å². The van der Waals surface area contributed by atoms with Gasteiger partial charge in [0.15, 0.2) is 5.13 Å². The van der Waals surface area contributed by atoms with Crippen LogP contribution in [0.25, 0.3) is 11.5 Å². The number of rotatable bonds is 7. The van der Waals surface area contributed by atoms with Crippen molar-refractivity contribution in [3.05, 3.63) is 75.8 Å². The molecule has 9 heteroatoms. The van der Waals surface area contributed by atoms with E-state index in [2.05, 4.69) is 45.6 Å². The average molecular weight is 457 g/mol. The van der Waals surface area contributed by atoms with E-state index in [4.69, 9.17) is 16.0 Å². The van der Waals surface area contributed by atoms with Crippen LogP contribution in [-0.4, -0.2) is 26.8 Å². The molecular weight excluding hydrogens is 440 g/mol. The highest BCUT2D eigenvalue weighted by Crippen LogP contribution is 2.25. The zero-order valence-electron chi connectivity index (χ0n) is 16.0.